The number of benzene rings is 2. The Morgan fingerprint density at radius 2 is 1.75 bits per heavy atom. The number of nitrogens with zero attached hydrogens (tertiary/aromatic N) is 1. The Morgan fingerprint density at radius 3 is 2.47 bits per heavy atom. The molecule has 2 aromatic carbocycles. The van der Waals surface area contributed by atoms with Crippen LogP contribution in [0.5, 0.6) is 0 Å². The molecule has 2 saturated heterocycles. The van der Waals surface area contributed by atoms with Gasteiger partial charge in [-0.3, -0.25) is 4.79 Å². The first-order chi connectivity index (χ1) is 15.8. The molecule has 1 unspecified atom stereocenters. The summed E-state index contributed by atoms with van der Waals surface area (Å²) in [6.07, 6.45) is 8.69. The SMILES string of the molecule is O=C(CCCCc1ccccc1)Nc1ccc(N2CCC(NCC3CCCO3)CC2)cc1. The molecule has 2 aliphatic rings. The van der Waals surface area contributed by atoms with Gasteiger partial charge < -0.3 is 20.3 Å². The van der Waals surface area contributed by atoms with Crippen molar-refractivity contribution >= 4 is 17.3 Å². The number of anilines is 2. The van der Waals surface area contributed by atoms with Crippen molar-refractivity contribution in [2.24, 2.45) is 0 Å². The molecule has 5 nitrogen and oxygen atoms in total. The monoisotopic (exact) mass is 435 g/mol. The number of unbranched alkanes of at least 4 members (excludes halogenated alkanes) is 1. The Balaban J connectivity index is 1.13. The molecule has 0 aliphatic carbocycles. The summed E-state index contributed by atoms with van der Waals surface area (Å²) in [5, 5.41) is 6.74. The molecule has 2 fully saturated rings. The Hall–Kier alpha value is -2.37. The van der Waals surface area contributed by atoms with Crippen molar-refractivity contribution in [1.82, 2.24) is 5.32 Å². The van der Waals surface area contributed by atoms with E-state index in [1.165, 1.54) is 24.1 Å². The van der Waals surface area contributed by atoms with E-state index in [0.29, 0.717) is 18.6 Å². The van der Waals surface area contributed by atoms with E-state index in [4.69, 9.17) is 4.74 Å². The summed E-state index contributed by atoms with van der Waals surface area (Å²) >= 11 is 0. The lowest BCUT2D eigenvalue weighted by atomic mass is 10.0. The summed E-state index contributed by atoms with van der Waals surface area (Å²) in [4.78, 5) is 14.7. The van der Waals surface area contributed by atoms with Crippen LogP contribution in [0.4, 0.5) is 11.4 Å². The Morgan fingerprint density at radius 1 is 0.969 bits per heavy atom. The quantitative estimate of drug-likeness (QED) is 0.528. The highest BCUT2D eigenvalue weighted by Crippen LogP contribution is 2.23. The fourth-order valence-electron chi connectivity index (χ4n) is 4.68. The number of hydrogen-bond donors (Lipinski definition) is 2. The zero-order chi connectivity index (χ0) is 22.0. The molecule has 0 spiro atoms. The molecule has 1 amide bonds. The second-order valence-corrected chi connectivity index (χ2v) is 9.09. The highest BCUT2D eigenvalue weighted by molar-refractivity contribution is 5.90. The minimum absolute atomic E-state index is 0.101. The van der Waals surface area contributed by atoms with Gasteiger partial charge in [0.05, 0.1) is 6.10 Å². The number of amides is 1. The predicted molar refractivity (Wildman–Crippen MR) is 131 cm³/mol. The highest BCUT2D eigenvalue weighted by atomic mass is 16.5. The maximum absolute atomic E-state index is 12.3. The molecule has 0 bridgehead atoms. The third-order valence-electron chi connectivity index (χ3n) is 6.63. The summed E-state index contributed by atoms with van der Waals surface area (Å²) in [5.74, 6) is 0.101. The number of ether oxygens (including phenoxy) is 1. The Kier molecular flexibility index (Phi) is 8.57. The average molecular weight is 436 g/mol. The minimum Gasteiger partial charge on any atom is -0.377 e. The number of piperidine rings is 1. The van der Waals surface area contributed by atoms with Crippen molar-refractivity contribution in [2.45, 2.75) is 63.5 Å². The summed E-state index contributed by atoms with van der Waals surface area (Å²) in [7, 11) is 0. The summed E-state index contributed by atoms with van der Waals surface area (Å²) < 4.78 is 5.72. The fraction of sp³-hybridized carbons (Fsp3) is 0.519. The van der Waals surface area contributed by atoms with Crippen LogP contribution in [0.1, 0.15) is 50.5 Å². The van der Waals surface area contributed by atoms with Crippen LogP contribution < -0.4 is 15.5 Å². The van der Waals surface area contributed by atoms with Crippen LogP contribution in [0.3, 0.4) is 0 Å². The van der Waals surface area contributed by atoms with E-state index >= 15 is 0 Å². The van der Waals surface area contributed by atoms with Crippen LogP contribution in [-0.2, 0) is 16.0 Å². The second kappa shape index (κ2) is 12.0. The Bertz CT molecular complexity index is 811. The van der Waals surface area contributed by atoms with Gasteiger partial charge in [0.25, 0.3) is 0 Å². The molecule has 172 valence electrons. The normalized spacial score (nSPS) is 19.2. The maximum Gasteiger partial charge on any atom is 0.224 e. The van der Waals surface area contributed by atoms with Crippen molar-refractivity contribution in [1.29, 1.82) is 0 Å². The van der Waals surface area contributed by atoms with Crippen LogP contribution in [0.2, 0.25) is 0 Å². The van der Waals surface area contributed by atoms with Crippen LogP contribution in [0.15, 0.2) is 54.6 Å². The molecule has 2 aromatic rings. The maximum atomic E-state index is 12.3. The van der Waals surface area contributed by atoms with Gasteiger partial charge in [-0.15, -0.1) is 0 Å². The van der Waals surface area contributed by atoms with Gasteiger partial charge >= 0.3 is 0 Å². The molecule has 2 N–H and O–H groups in total. The number of carbonyl (C=O) groups is 1. The second-order valence-electron chi connectivity index (χ2n) is 9.09. The van der Waals surface area contributed by atoms with Crippen molar-refractivity contribution in [3.8, 4) is 0 Å². The molecule has 0 aromatic heterocycles. The molecule has 2 heterocycles. The minimum atomic E-state index is 0.101. The zero-order valence-corrected chi connectivity index (χ0v) is 19.1. The van der Waals surface area contributed by atoms with E-state index in [1.807, 2.05) is 18.2 Å². The van der Waals surface area contributed by atoms with Gasteiger partial charge in [0.1, 0.15) is 0 Å². The van der Waals surface area contributed by atoms with E-state index in [-0.39, 0.29) is 5.91 Å². The number of carbonyl (C=O) groups excluding carboxylic acids is 1. The van der Waals surface area contributed by atoms with Gasteiger partial charge in [-0.05, 0) is 74.8 Å². The number of nitrogens with one attached hydrogen (secondary N) is 2. The smallest absolute Gasteiger partial charge is 0.224 e. The van der Waals surface area contributed by atoms with Gasteiger partial charge in [0, 0.05) is 50.1 Å². The third-order valence-corrected chi connectivity index (χ3v) is 6.63. The van der Waals surface area contributed by atoms with Gasteiger partial charge in [-0.25, -0.2) is 0 Å². The van der Waals surface area contributed by atoms with E-state index < -0.39 is 0 Å². The topological polar surface area (TPSA) is 53.6 Å². The first-order valence-electron chi connectivity index (χ1n) is 12.3. The lowest BCUT2D eigenvalue weighted by Crippen LogP contribution is -2.44. The summed E-state index contributed by atoms with van der Waals surface area (Å²) in [6.45, 7) is 4.05. The molecule has 0 saturated carbocycles. The van der Waals surface area contributed by atoms with Crippen molar-refractivity contribution in [2.75, 3.05) is 36.5 Å². The van der Waals surface area contributed by atoms with Gasteiger partial charge in [0.2, 0.25) is 5.91 Å². The van der Waals surface area contributed by atoms with Crippen LogP contribution in [0, 0.1) is 0 Å². The van der Waals surface area contributed by atoms with Crippen LogP contribution in [-0.4, -0.2) is 44.3 Å². The lowest BCUT2D eigenvalue weighted by Gasteiger charge is -2.34. The van der Waals surface area contributed by atoms with E-state index in [0.717, 1.165) is 64.0 Å². The Labute approximate surface area is 192 Å². The molecular formula is C27H37N3O2. The molecule has 5 heteroatoms. The molecule has 4 rings (SSSR count). The number of rotatable bonds is 10. The first kappa shape index (κ1) is 22.8. The number of aryl methyl sites for hydroxylation is 1. The molecule has 32 heavy (non-hydrogen) atoms. The van der Waals surface area contributed by atoms with Gasteiger partial charge in [-0.1, -0.05) is 30.3 Å². The fourth-order valence-corrected chi connectivity index (χ4v) is 4.68. The summed E-state index contributed by atoms with van der Waals surface area (Å²) in [6, 6.07) is 19.4. The third kappa shape index (κ3) is 7.07. The molecule has 2 aliphatic heterocycles. The largest absolute Gasteiger partial charge is 0.377 e. The highest BCUT2D eigenvalue weighted by Gasteiger charge is 2.21. The van der Waals surface area contributed by atoms with Crippen LogP contribution >= 0.6 is 0 Å². The zero-order valence-electron chi connectivity index (χ0n) is 19.1. The molecular weight excluding hydrogens is 398 g/mol. The van der Waals surface area contributed by atoms with E-state index in [9.17, 15) is 4.79 Å². The molecule has 1 atom stereocenters. The van der Waals surface area contributed by atoms with E-state index in [2.05, 4.69) is 51.9 Å². The summed E-state index contributed by atoms with van der Waals surface area (Å²) in [5.41, 5.74) is 3.46. The lowest BCUT2D eigenvalue weighted by molar-refractivity contribution is -0.116. The van der Waals surface area contributed by atoms with E-state index in [1.54, 1.807) is 0 Å². The van der Waals surface area contributed by atoms with Gasteiger partial charge in [0.15, 0.2) is 0 Å². The standard InChI is InChI=1S/C27H37N3O2/c31-27(11-5-4-9-22-7-2-1-3-8-22)29-24-12-14-25(15-13-24)30-18-16-23(17-19-30)28-21-26-10-6-20-32-26/h1-3,7-8,12-15,23,26,28H,4-6,9-11,16-21H2,(H,29,31). The average Bonchev–Trinajstić information content (AvgIpc) is 3.36. The van der Waals surface area contributed by atoms with Crippen LogP contribution in [0.25, 0.3) is 0 Å². The van der Waals surface area contributed by atoms with Crippen molar-refractivity contribution in [3.63, 3.8) is 0 Å². The first-order valence-corrected chi connectivity index (χ1v) is 12.3. The van der Waals surface area contributed by atoms with Crippen molar-refractivity contribution in [3.05, 3.63) is 60.2 Å². The molecule has 0 radical (unpaired) electrons. The number of hydrogen-bond acceptors (Lipinski definition) is 4. The van der Waals surface area contributed by atoms with Crippen molar-refractivity contribution < 1.29 is 9.53 Å². The van der Waals surface area contributed by atoms with Gasteiger partial charge in [-0.2, -0.15) is 0 Å². The predicted octanol–water partition coefficient (Wildman–Crippen LogP) is 4.78.